The van der Waals surface area contributed by atoms with Crippen LogP contribution < -0.4 is 14.9 Å². The molecule has 1 amide bonds. The van der Waals surface area contributed by atoms with Crippen molar-refractivity contribution < 1.29 is 14.3 Å². The zero-order valence-corrected chi connectivity index (χ0v) is 14.0. The summed E-state index contributed by atoms with van der Waals surface area (Å²) >= 11 is 0. The van der Waals surface area contributed by atoms with Gasteiger partial charge in [-0.15, -0.1) is 0 Å². The first-order valence-corrected chi connectivity index (χ1v) is 7.65. The standard InChI is InChI=1S/C18H18N4O3/c1-24-14-8-7-13(17(9-14)25-2)10-20-21-18(23)11-22-12-19-15-5-3-4-6-16(15)22/h3-10,12H,11H2,1-2H3,(H,21,23)/b20-10-. The first-order chi connectivity index (χ1) is 12.2. The summed E-state index contributed by atoms with van der Waals surface area (Å²) in [5.74, 6) is 1.05. The van der Waals surface area contributed by atoms with Gasteiger partial charge in [-0.25, -0.2) is 10.4 Å². The summed E-state index contributed by atoms with van der Waals surface area (Å²) in [6, 6.07) is 13.0. The highest BCUT2D eigenvalue weighted by atomic mass is 16.5. The molecule has 0 aliphatic carbocycles. The normalized spacial score (nSPS) is 11.0. The van der Waals surface area contributed by atoms with Crippen LogP contribution in [0.1, 0.15) is 5.56 Å². The number of hydrogen-bond acceptors (Lipinski definition) is 5. The SMILES string of the molecule is COc1ccc(/C=N\NC(=O)Cn2cnc3ccccc32)c(OC)c1. The number of hydrazone groups is 1. The van der Waals surface area contributed by atoms with E-state index in [1.54, 1.807) is 43.3 Å². The van der Waals surface area contributed by atoms with Gasteiger partial charge in [0.25, 0.3) is 5.91 Å². The number of nitrogens with zero attached hydrogens (tertiary/aromatic N) is 3. The lowest BCUT2D eigenvalue weighted by Gasteiger charge is -2.07. The van der Waals surface area contributed by atoms with Crippen LogP contribution in [0.5, 0.6) is 11.5 Å². The van der Waals surface area contributed by atoms with Crippen LogP contribution in [0.2, 0.25) is 0 Å². The molecule has 25 heavy (non-hydrogen) atoms. The number of nitrogens with one attached hydrogen (secondary N) is 1. The Morgan fingerprint density at radius 3 is 2.88 bits per heavy atom. The fourth-order valence-electron chi connectivity index (χ4n) is 2.43. The highest BCUT2D eigenvalue weighted by molar-refractivity contribution is 5.86. The minimum atomic E-state index is -0.244. The molecule has 0 aliphatic rings. The maximum absolute atomic E-state index is 12.1. The van der Waals surface area contributed by atoms with Gasteiger partial charge >= 0.3 is 0 Å². The van der Waals surface area contributed by atoms with Crippen LogP contribution in [-0.4, -0.2) is 35.9 Å². The summed E-state index contributed by atoms with van der Waals surface area (Å²) in [4.78, 5) is 16.3. The maximum Gasteiger partial charge on any atom is 0.260 e. The predicted octanol–water partition coefficient (Wildman–Crippen LogP) is 2.20. The van der Waals surface area contributed by atoms with E-state index in [-0.39, 0.29) is 12.5 Å². The lowest BCUT2D eigenvalue weighted by molar-refractivity contribution is -0.121. The molecule has 0 spiro atoms. The number of amides is 1. The molecule has 7 heteroatoms. The van der Waals surface area contributed by atoms with Crippen LogP contribution in [-0.2, 0) is 11.3 Å². The molecule has 1 heterocycles. The molecule has 3 rings (SSSR count). The molecule has 0 unspecified atom stereocenters. The molecule has 1 aromatic heterocycles. The Bertz CT molecular complexity index is 918. The number of carbonyl (C=O) groups excluding carboxylic acids is 1. The number of fused-ring (bicyclic) bond motifs is 1. The van der Waals surface area contributed by atoms with Crippen molar-refractivity contribution in [2.75, 3.05) is 14.2 Å². The quantitative estimate of drug-likeness (QED) is 0.552. The summed E-state index contributed by atoms with van der Waals surface area (Å²) in [6.45, 7) is 0.137. The van der Waals surface area contributed by atoms with Gasteiger partial charge in [-0.2, -0.15) is 5.10 Å². The molecule has 0 atom stereocenters. The van der Waals surface area contributed by atoms with Gasteiger partial charge < -0.3 is 14.0 Å². The van der Waals surface area contributed by atoms with Crippen molar-refractivity contribution in [3.8, 4) is 11.5 Å². The van der Waals surface area contributed by atoms with Crippen molar-refractivity contribution in [1.29, 1.82) is 0 Å². The van der Waals surface area contributed by atoms with Gasteiger partial charge in [-0.1, -0.05) is 12.1 Å². The van der Waals surface area contributed by atoms with E-state index in [0.717, 1.165) is 16.6 Å². The van der Waals surface area contributed by atoms with E-state index in [1.807, 2.05) is 24.3 Å². The predicted molar refractivity (Wildman–Crippen MR) is 95.0 cm³/mol. The van der Waals surface area contributed by atoms with E-state index >= 15 is 0 Å². The Balaban J connectivity index is 1.65. The molecule has 0 saturated heterocycles. The molecule has 0 aliphatic heterocycles. The van der Waals surface area contributed by atoms with Crippen LogP contribution in [0.4, 0.5) is 0 Å². The summed E-state index contributed by atoms with van der Waals surface area (Å²) in [7, 11) is 3.15. The molecule has 2 aromatic carbocycles. The van der Waals surface area contributed by atoms with Crippen LogP contribution in [0.15, 0.2) is 53.9 Å². The van der Waals surface area contributed by atoms with E-state index in [4.69, 9.17) is 9.47 Å². The average molecular weight is 338 g/mol. The van der Waals surface area contributed by atoms with Crippen molar-refractivity contribution in [3.63, 3.8) is 0 Å². The number of methoxy groups -OCH3 is 2. The lowest BCUT2D eigenvalue weighted by atomic mass is 10.2. The number of imidazole rings is 1. The van der Waals surface area contributed by atoms with E-state index in [1.165, 1.54) is 6.21 Å². The monoisotopic (exact) mass is 338 g/mol. The Hall–Kier alpha value is -3.35. The second-order valence-corrected chi connectivity index (χ2v) is 5.26. The molecule has 0 saturated carbocycles. The van der Waals surface area contributed by atoms with Crippen molar-refractivity contribution >= 4 is 23.2 Å². The Morgan fingerprint density at radius 2 is 2.08 bits per heavy atom. The minimum Gasteiger partial charge on any atom is -0.497 e. The first-order valence-electron chi connectivity index (χ1n) is 7.65. The van der Waals surface area contributed by atoms with Gasteiger partial charge in [0.1, 0.15) is 18.0 Å². The minimum absolute atomic E-state index is 0.137. The maximum atomic E-state index is 12.1. The smallest absolute Gasteiger partial charge is 0.260 e. The highest BCUT2D eigenvalue weighted by Gasteiger charge is 2.06. The van der Waals surface area contributed by atoms with Gasteiger partial charge in [0.05, 0.1) is 37.8 Å². The Labute approximate surface area is 144 Å². The third kappa shape index (κ3) is 3.77. The third-order valence-corrected chi connectivity index (χ3v) is 3.67. The van der Waals surface area contributed by atoms with Crippen molar-refractivity contribution in [2.45, 2.75) is 6.54 Å². The lowest BCUT2D eigenvalue weighted by Crippen LogP contribution is -2.22. The summed E-state index contributed by atoms with van der Waals surface area (Å²) in [5, 5.41) is 3.99. The third-order valence-electron chi connectivity index (χ3n) is 3.67. The van der Waals surface area contributed by atoms with E-state index in [9.17, 15) is 4.79 Å². The van der Waals surface area contributed by atoms with Crippen molar-refractivity contribution in [1.82, 2.24) is 15.0 Å². The van der Waals surface area contributed by atoms with Crippen LogP contribution in [0.3, 0.4) is 0 Å². The molecule has 7 nitrogen and oxygen atoms in total. The summed E-state index contributed by atoms with van der Waals surface area (Å²) < 4.78 is 12.2. The topological polar surface area (TPSA) is 77.7 Å². The second kappa shape index (κ2) is 7.48. The van der Waals surface area contributed by atoms with E-state index in [0.29, 0.717) is 11.5 Å². The number of rotatable bonds is 6. The molecule has 128 valence electrons. The number of benzene rings is 2. The van der Waals surface area contributed by atoms with E-state index in [2.05, 4.69) is 15.5 Å². The largest absolute Gasteiger partial charge is 0.497 e. The van der Waals surface area contributed by atoms with Gasteiger partial charge in [-0.05, 0) is 24.3 Å². The second-order valence-electron chi connectivity index (χ2n) is 5.26. The van der Waals surface area contributed by atoms with Crippen LogP contribution in [0.25, 0.3) is 11.0 Å². The zero-order chi connectivity index (χ0) is 17.6. The number of para-hydroxylation sites is 2. The summed E-state index contributed by atoms with van der Waals surface area (Å²) in [5.41, 5.74) is 4.99. The fourth-order valence-corrected chi connectivity index (χ4v) is 2.43. The van der Waals surface area contributed by atoms with E-state index < -0.39 is 0 Å². The zero-order valence-electron chi connectivity index (χ0n) is 14.0. The Kier molecular flexibility index (Phi) is 4.94. The van der Waals surface area contributed by atoms with Gasteiger partial charge in [0, 0.05) is 11.6 Å². The van der Waals surface area contributed by atoms with Crippen LogP contribution in [0, 0.1) is 0 Å². The number of hydrogen-bond donors (Lipinski definition) is 1. The molecule has 0 bridgehead atoms. The van der Waals surface area contributed by atoms with Gasteiger partial charge in [-0.3, -0.25) is 4.79 Å². The molecule has 1 N–H and O–H groups in total. The van der Waals surface area contributed by atoms with Crippen molar-refractivity contribution in [2.24, 2.45) is 5.10 Å². The average Bonchev–Trinajstić information content (AvgIpc) is 3.05. The van der Waals surface area contributed by atoms with Crippen molar-refractivity contribution in [3.05, 3.63) is 54.4 Å². The van der Waals surface area contributed by atoms with Gasteiger partial charge in [0.2, 0.25) is 0 Å². The molecular formula is C18H18N4O3. The Morgan fingerprint density at radius 1 is 1.24 bits per heavy atom. The first kappa shape index (κ1) is 16.5. The molecule has 0 radical (unpaired) electrons. The molecular weight excluding hydrogens is 320 g/mol. The molecule has 3 aromatic rings. The van der Waals surface area contributed by atoms with Crippen LogP contribution >= 0.6 is 0 Å². The molecule has 0 fully saturated rings. The number of carbonyl (C=O) groups is 1. The summed E-state index contributed by atoms with van der Waals surface area (Å²) in [6.07, 6.45) is 3.17. The highest BCUT2D eigenvalue weighted by Crippen LogP contribution is 2.22. The van der Waals surface area contributed by atoms with Gasteiger partial charge in [0.15, 0.2) is 0 Å². The number of aromatic nitrogens is 2. The fraction of sp³-hybridized carbons (Fsp3) is 0.167. The number of ether oxygens (including phenoxy) is 2.